The topological polar surface area (TPSA) is 107 Å². The van der Waals surface area contributed by atoms with Gasteiger partial charge in [-0.05, 0) is 19.3 Å². The lowest BCUT2D eigenvalue weighted by Crippen LogP contribution is -2.34. The van der Waals surface area contributed by atoms with E-state index in [0.717, 1.165) is 25.7 Å². The van der Waals surface area contributed by atoms with Crippen LogP contribution in [0.1, 0.15) is 46.0 Å². The van der Waals surface area contributed by atoms with Crippen LogP contribution >= 0.6 is 0 Å². The van der Waals surface area contributed by atoms with Crippen molar-refractivity contribution >= 4 is 11.7 Å². The van der Waals surface area contributed by atoms with Crippen LogP contribution in [0.3, 0.4) is 0 Å². The molecule has 0 spiro atoms. The predicted molar refractivity (Wildman–Crippen MR) is 71.6 cm³/mol. The third-order valence-corrected chi connectivity index (χ3v) is 2.81. The lowest BCUT2D eigenvalue weighted by Gasteiger charge is -2.15. The van der Waals surface area contributed by atoms with Gasteiger partial charge in [0.15, 0.2) is 11.7 Å². The molecule has 6 N–H and O–H groups in total. The number of guanidine groups is 1. The maximum absolute atomic E-state index is 11.9. The molecule has 0 fully saturated rings. The molecule has 5 nitrogen and oxygen atoms in total. The smallest absolute Gasteiger partial charge is 0.185 e. The van der Waals surface area contributed by atoms with Crippen LogP contribution in [-0.4, -0.2) is 24.3 Å². The van der Waals surface area contributed by atoms with Gasteiger partial charge in [-0.3, -0.25) is 9.79 Å². The Morgan fingerprint density at radius 2 is 1.88 bits per heavy atom. The Hall–Kier alpha value is -1.10. The van der Waals surface area contributed by atoms with Gasteiger partial charge >= 0.3 is 0 Å². The predicted octanol–water partition coefficient (Wildman–Crippen LogP) is 0.763. The zero-order valence-corrected chi connectivity index (χ0v) is 11.0. The van der Waals surface area contributed by atoms with Crippen molar-refractivity contribution in [2.75, 3.05) is 6.54 Å². The van der Waals surface area contributed by atoms with Crippen LogP contribution in [0.5, 0.6) is 0 Å². The van der Waals surface area contributed by atoms with Crippen molar-refractivity contribution in [3.8, 4) is 0 Å². The van der Waals surface area contributed by atoms with E-state index in [-0.39, 0.29) is 23.7 Å². The van der Waals surface area contributed by atoms with Crippen LogP contribution in [0.25, 0.3) is 0 Å². The van der Waals surface area contributed by atoms with Gasteiger partial charge < -0.3 is 17.2 Å². The Balaban J connectivity index is 3.84. The number of Topliss-reactive ketones (excluding diaryl/α,β-unsaturated/α-hetero) is 1. The molecule has 0 bridgehead atoms. The van der Waals surface area contributed by atoms with Gasteiger partial charge in [-0.25, -0.2) is 0 Å². The van der Waals surface area contributed by atoms with E-state index in [1.54, 1.807) is 0 Å². The zero-order valence-electron chi connectivity index (χ0n) is 11.0. The van der Waals surface area contributed by atoms with Crippen LogP contribution < -0.4 is 17.2 Å². The molecule has 0 aliphatic carbocycles. The minimum Gasteiger partial charge on any atom is -0.370 e. The monoisotopic (exact) mass is 242 g/mol. The van der Waals surface area contributed by atoms with Crippen LogP contribution in [0.15, 0.2) is 4.99 Å². The van der Waals surface area contributed by atoms with Gasteiger partial charge in [0.1, 0.15) is 0 Å². The van der Waals surface area contributed by atoms with Gasteiger partial charge in [0.25, 0.3) is 0 Å². The summed E-state index contributed by atoms with van der Waals surface area (Å²) in [6.07, 6.45) is 4.50. The summed E-state index contributed by atoms with van der Waals surface area (Å²) in [5, 5.41) is 0. The van der Waals surface area contributed by atoms with Crippen molar-refractivity contribution in [3.63, 3.8) is 0 Å². The molecule has 0 aromatic rings. The van der Waals surface area contributed by atoms with Crippen molar-refractivity contribution in [2.24, 2.45) is 28.1 Å². The molecule has 0 aromatic heterocycles. The molecule has 0 rings (SSSR count). The highest BCUT2D eigenvalue weighted by Gasteiger charge is 2.19. The first-order valence-electron chi connectivity index (χ1n) is 6.33. The average molecular weight is 242 g/mol. The zero-order chi connectivity index (χ0) is 13.3. The molecule has 0 aliphatic rings. The van der Waals surface area contributed by atoms with Crippen LogP contribution in [0.2, 0.25) is 0 Å². The van der Waals surface area contributed by atoms with Crippen molar-refractivity contribution in [2.45, 2.75) is 52.0 Å². The Labute approximate surface area is 104 Å². The summed E-state index contributed by atoms with van der Waals surface area (Å²) in [4.78, 5) is 15.7. The minimum atomic E-state index is -0.379. The molecular weight excluding hydrogens is 216 g/mol. The number of carbonyl (C=O) groups is 1. The number of nitrogens with zero attached hydrogens (tertiary/aromatic N) is 1. The van der Waals surface area contributed by atoms with Gasteiger partial charge in [-0.2, -0.15) is 0 Å². The standard InChI is InChI=1S/C12H26N4O/c1-3-4-6-9(2)11(17)10(13)7-5-8-16-12(14)15/h9-10H,3-8,13H2,1-2H3,(H4,14,15,16)/t9?,10-/m1/s1. The van der Waals surface area contributed by atoms with E-state index < -0.39 is 0 Å². The summed E-state index contributed by atoms with van der Waals surface area (Å²) in [5.74, 6) is 0.303. The molecule has 0 heterocycles. The fourth-order valence-electron chi connectivity index (χ4n) is 1.68. The van der Waals surface area contributed by atoms with Gasteiger partial charge in [-0.15, -0.1) is 0 Å². The third-order valence-electron chi connectivity index (χ3n) is 2.81. The highest BCUT2D eigenvalue weighted by atomic mass is 16.1. The largest absolute Gasteiger partial charge is 0.370 e. The summed E-state index contributed by atoms with van der Waals surface area (Å²) in [6, 6.07) is -0.379. The number of nitrogens with two attached hydrogens (primary N) is 3. The van der Waals surface area contributed by atoms with Crippen LogP contribution in [0.4, 0.5) is 0 Å². The number of hydrogen-bond acceptors (Lipinski definition) is 3. The maximum atomic E-state index is 11.9. The first-order chi connectivity index (χ1) is 7.99. The summed E-state index contributed by atoms with van der Waals surface area (Å²) in [6.45, 7) is 4.60. The minimum absolute atomic E-state index is 0.0630. The van der Waals surface area contributed by atoms with E-state index in [4.69, 9.17) is 17.2 Å². The van der Waals surface area contributed by atoms with Gasteiger partial charge in [-0.1, -0.05) is 26.7 Å². The van der Waals surface area contributed by atoms with Crippen molar-refractivity contribution in [1.29, 1.82) is 0 Å². The van der Waals surface area contributed by atoms with E-state index >= 15 is 0 Å². The van der Waals surface area contributed by atoms with E-state index in [2.05, 4.69) is 11.9 Å². The van der Waals surface area contributed by atoms with Gasteiger partial charge in [0.2, 0.25) is 0 Å². The summed E-state index contributed by atoms with van der Waals surface area (Å²) < 4.78 is 0. The Bertz CT molecular complexity index is 249. The maximum Gasteiger partial charge on any atom is 0.185 e. The molecule has 0 aliphatic heterocycles. The first-order valence-corrected chi connectivity index (χ1v) is 6.33. The van der Waals surface area contributed by atoms with E-state index in [1.807, 2.05) is 6.92 Å². The van der Waals surface area contributed by atoms with Crippen LogP contribution in [0, 0.1) is 5.92 Å². The first kappa shape index (κ1) is 15.9. The SMILES string of the molecule is CCCCC(C)C(=O)[C@H](N)CCCN=C(N)N. The average Bonchev–Trinajstić information content (AvgIpc) is 2.30. The molecule has 0 radical (unpaired) electrons. The highest BCUT2D eigenvalue weighted by molar-refractivity contribution is 5.85. The Kier molecular flexibility index (Phi) is 8.40. The lowest BCUT2D eigenvalue weighted by atomic mass is 9.93. The molecule has 1 unspecified atom stereocenters. The highest BCUT2D eigenvalue weighted by Crippen LogP contribution is 2.12. The molecule has 0 aromatic carbocycles. The van der Waals surface area contributed by atoms with Crippen molar-refractivity contribution in [1.82, 2.24) is 0 Å². The van der Waals surface area contributed by atoms with Crippen molar-refractivity contribution in [3.05, 3.63) is 0 Å². The molecule has 100 valence electrons. The summed E-state index contributed by atoms with van der Waals surface area (Å²) in [7, 11) is 0. The van der Waals surface area contributed by atoms with Gasteiger partial charge in [0, 0.05) is 12.5 Å². The number of carbonyl (C=O) groups excluding carboxylic acids is 1. The molecule has 0 amide bonds. The van der Waals surface area contributed by atoms with E-state index in [0.29, 0.717) is 13.0 Å². The summed E-state index contributed by atoms with van der Waals surface area (Å²) >= 11 is 0. The quantitative estimate of drug-likeness (QED) is 0.315. The molecule has 2 atom stereocenters. The number of unbranched alkanes of at least 4 members (excludes halogenated alkanes) is 1. The van der Waals surface area contributed by atoms with Gasteiger partial charge in [0.05, 0.1) is 6.04 Å². The lowest BCUT2D eigenvalue weighted by molar-refractivity contribution is -0.124. The molecular formula is C12H26N4O. The molecule has 5 heteroatoms. The Morgan fingerprint density at radius 1 is 1.24 bits per heavy atom. The molecule has 0 saturated heterocycles. The number of hydrogen-bond donors (Lipinski definition) is 3. The fourth-order valence-corrected chi connectivity index (χ4v) is 1.68. The second kappa shape index (κ2) is 8.98. The Morgan fingerprint density at radius 3 is 2.41 bits per heavy atom. The van der Waals surface area contributed by atoms with E-state index in [1.165, 1.54) is 0 Å². The third kappa shape index (κ3) is 7.74. The molecule has 17 heavy (non-hydrogen) atoms. The van der Waals surface area contributed by atoms with Crippen LogP contribution in [-0.2, 0) is 4.79 Å². The van der Waals surface area contributed by atoms with E-state index in [9.17, 15) is 4.79 Å². The fraction of sp³-hybridized carbons (Fsp3) is 0.833. The normalized spacial score (nSPS) is 14.1. The number of rotatable bonds is 9. The summed E-state index contributed by atoms with van der Waals surface area (Å²) in [5.41, 5.74) is 16.2. The second-order valence-corrected chi connectivity index (χ2v) is 4.50. The van der Waals surface area contributed by atoms with Crippen molar-refractivity contribution < 1.29 is 4.79 Å². The number of aliphatic imine (C=N–C) groups is 1. The molecule has 0 saturated carbocycles. The number of ketones is 1. The second-order valence-electron chi connectivity index (χ2n) is 4.50.